The second-order valence-corrected chi connectivity index (χ2v) is 6.58. The number of rotatable bonds is 3. The van der Waals surface area contributed by atoms with Gasteiger partial charge in [-0.15, -0.1) is 0 Å². The molecule has 3 heterocycles. The number of anilines is 1. The van der Waals surface area contributed by atoms with Crippen molar-refractivity contribution in [2.45, 2.75) is 43.7 Å². The van der Waals surface area contributed by atoms with Gasteiger partial charge in [-0.05, 0) is 37.4 Å². The summed E-state index contributed by atoms with van der Waals surface area (Å²) in [6.45, 7) is 3.26. The molecule has 0 spiro atoms. The third kappa shape index (κ3) is 2.42. The first kappa shape index (κ1) is 13.1. The van der Waals surface area contributed by atoms with Crippen molar-refractivity contribution in [2.75, 3.05) is 25.0 Å². The number of amides is 1. The predicted molar refractivity (Wildman–Crippen MR) is 83.4 cm³/mol. The van der Waals surface area contributed by atoms with Crippen molar-refractivity contribution in [3.8, 4) is 0 Å². The molecule has 4 heteroatoms. The van der Waals surface area contributed by atoms with E-state index in [4.69, 9.17) is 0 Å². The van der Waals surface area contributed by atoms with Gasteiger partial charge in [0, 0.05) is 43.2 Å². The molecule has 112 valence electrons. The number of para-hydroxylation sites is 1. The Morgan fingerprint density at radius 1 is 1.29 bits per heavy atom. The minimum absolute atomic E-state index is 0.220. The van der Waals surface area contributed by atoms with Gasteiger partial charge in [-0.3, -0.25) is 9.69 Å². The summed E-state index contributed by atoms with van der Waals surface area (Å²) in [4.78, 5) is 14.9. The SMILES string of the molecule is O=C(CC1CNc2ccccc21)NC1CCN2CCCC12. The van der Waals surface area contributed by atoms with Gasteiger partial charge >= 0.3 is 0 Å². The van der Waals surface area contributed by atoms with Gasteiger partial charge in [0.15, 0.2) is 0 Å². The average molecular weight is 285 g/mol. The van der Waals surface area contributed by atoms with E-state index in [1.807, 2.05) is 6.07 Å². The van der Waals surface area contributed by atoms with Crippen molar-refractivity contribution < 1.29 is 4.79 Å². The Morgan fingerprint density at radius 2 is 2.19 bits per heavy atom. The number of nitrogens with one attached hydrogen (secondary N) is 2. The number of nitrogens with zero attached hydrogens (tertiary/aromatic N) is 1. The number of hydrogen-bond donors (Lipinski definition) is 2. The summed E-state index contributed by atoms with van der Waals surface area (Å²) in [5.41, 5.74) is 2.49. The molecule has 0 radical (unpaired) electrons. The number of benzene rings is 1. The number of carbonyl (C=O) groups excluding carboxylic acids is 1. The number of hydrogen-bond acceptors (Lipinski definition) is 3. The highest BCUT2D eigenvalue weighted by Gasteiger charge is 2.38. The van der Waals surface area contributed by atoms with E-state index in [2.05, 4.69) is 33.7 Å². The summed E-state index contributed by atoms with van der Waals surface area (Å²) < 4.78 is 0. The van der Waals surface area contributed by atoms with E-state index >= 15 is 0 Å². The molecule has 2 N–H and O–H groups in total. The lowest BCUT2D eigenvalue weighted by Gasteiger charge is -2.22. The normalized spacial score (nSPS) is 30.8. The molecule has 2 saturated heterocycles. The molecule has 3 aliphatic heterocycles. The highest BCUT2D eigenvalue weighted by molar-refractivity contribution is 5.78. The van der Waals surface area contributed by atoms with E-state index in [1.165, 1.54) is 30.6 Å². The van der Waals surface area contributed by atoms with E-state index in [9.17, 15) is 4.79 Å². The Balaban J connectivity index is 1.37. The fourth-order valence-corrected chi connectivity index (χ4v) is 4.28. The van der Waals surface area contributed by atoms with Gasteiger partial charge in [0.2, 0.25) is 5.91 Å². The Bertz CT molecular complexity index is 545. The third-order valence-corrected chi connectivity index (χ3v) is 5.32. The molecule has 1 amide bonds. The smallest absolute Gasteiger partial charge is 0.220 e. The van der Waals surface area contributed by atoms with Crippen LogP contribution in [-0.2, 0) is 4.79 Å². The van der Waals surface area contributed by atoms with Crippen LogP contribution in [0.5, 0.6) is 0 Å². The summed E-state index contributed by atoms with van der Waals surface area (Å²) in [5, 5.41) is 6.70. The topological polar surface area (TPSA) is 44.4 Å². The molecular formula is C17H23N3O. The van der Waals surface area contributed by atoms with Gasteiger partial charge < -0.3 is 10.6 Å². The number of fused-ring (bicyclic) bond motifs is 2. The molecule has 2 fully saturated rings. The number of carbonyl (C=O) groups is 1. The molecule has 1 aromatic carbocycles. The third-order valence-electron chi connectivity index (χ3n) is 5.32. The Kier molecular flexibility index (Phi) is 3.34. The fraction of sp³-hybridized carbons (Fsp3) is 0.588. The van der Waals surface area contributed by atoms with Crippen LogP contribution in [0.1, 0.15) is 37.2 Å². The van der Waals surface area contributed by atoms with Crippen LogP contribution in [0.25, 0.3) is 0 Å². The molecule has 3 atom stereocenters. The zero-order valence-electron chi connectivity index (χ0n) is 12.3. The highest BCUT2D eigenvalue weighted by atomic mass is 16.1. The maximum atomic E-state index is 12.4. The van der Waals surface area contributed by atoms with Crippen molar-refractivity contribution >= 4 is 11.6 Å². The molecule has 1 aromatic rings. The van der Waals surface area contributed by atoms with Crippen molar-refractivity contribution in [1.29, 1.82) is 0 Å². The molecule has 3 unspecified atom stereocenters. The average Bonchev–Trinajstić information content (AvgIpc) is 3.17. The van der Waals surface area contributed by atoms with Crippen LogP contribution in [0.2, 0.25) is 0 Å². The Morgan fingerprint density at radius 3 is 3.14 bits per heavy atom. The summed E-state index contributed by atoms with van der Waals surface area (Å²) in [6, 6.07) is 9.32. The monoisotopic (exact) mass is 285 g/mol. The molecule has 0 saturated carbocycles. The van der Waals surface area contributed by atoms with Gasteiger partial charge in [-0.2, -0.15) is 0 Å². The van der Waals surface area contributed by atoms with Crippen LogP contribution >= 0.6 is 0 Å². The van der Waals surface area contributed by atoms with Crippen LogP contribution in [0.15, 0.2) is 24.3 Å². The van der Waals surface area contributed by atoms with Crippen LogP contribution < -0.4 is 10.6 Å². The maximum Gasteiger partial charge on any atom is 0.220 e. The van der Waals surface area contributed by atoms with Crippen LogP contribution in [-0.4, -0.2) is 42.5 Å². The minimum Gasteiger partial charge on any atom is -0.384 e. The fourth-order valence-electron chi connectivity index (χ4n) is 4.28. The molecule has 21 heavy (non-hydrogen) atoms. The molecule has 0 bridgehead atoms. The predicted octanol–water partition coefficient (Wildman–Crippen LogP) is 1.94. The largest absolute Gasteiger partial charge is 0.384 e. The van der Waals surface area contributed by atoms with Crippen molar-refractivity contribution in [3.05, 3.63) is 29.8 Å². The van der Waals surface area contributed by atoms with E-state index < -0.39 is 0 Å². The van der Waals surface area contributed by atoms with E-state index in [1.54, 1.807) is 0 Å². The lowest BCUT2D eigenvalue weighted by molar-refractivity contribution is -0.122. The molecule has 3 aliphatic rings. The summed E-state index contributed by atoms with van der Waals surface area (Å²) >= 11 is 0. The van der Waals surface area contributed by atoms with Gasteiger partial charge in [0.25, 0.3) is 0 Å². The molecular weight excluding hydrogens is 262 g/mol. The Hall–Kier alpha value is -1.55. The van der Waals surface area contributed by atoms with Crippen molar-refractivity contribution in [1.82, 2.24) is 10.2 Å². The standard InChI is InChI=1S/C17H23N3O/c21-17(19-15-7-9-20-8-3-6-16(15)20)10-12-11-18-14-5-2-1-4-13(12)14/h1-2,4-5,12,15-16,18H,3,6-11H2,(H,19,21). The lowest BCUT2D eigenvalue weighted by Crippen LogP contribution is -2.42. The van der Waals surface area contributed by atoms with Gasteiger partial charge in [-0.25, -0.2) is 0 Å². The zero-order valence-corrected chi connectivity index (χ0v) is 12.3. The maximum absolute atomic E-state index is 12.4. The van der Waals surface area contributed by atoms with E-state index in [0.717, 1.165) is 19.5 Å². The first-order valence-corrected chi connectivity index (χ1v) is 8.17. The second-order valence-electron chi connectivity index (χ2n) is 6.58. The summed E-state index contributed by atoms with van der Waals surface area (Å²) in [6.07, 6.45) is 4.26. The zero-order chi connectivity index (χ0) is 14.2. The molecule has 0 aliphatic carbocycles. The summed E-state index contributed by atoms with van der Waals surface area (Å²) in [7, 11) is 0. The van der Waals surface area contributed by atoms with Crippen LogP contribution in [0.4, 0.5) is 5.69 Å². The Labute approximate surface area is 125 Å². The van der Waals surface area contributed by atoms with Crippen molar-refractivity contribution in [3.63, 3.8) is 0 Å². The quantitative estimate of drug-likeness (QED) is 0.892. The molecule has 4 rings (SSSR count). The first-order valence-electron chi connectivity index (χ1n) is 8.17. The van der Waals surface area contributed by atoms with E-state index in [-0.39, 0.29) is 5.91 Å². The van der Waals surface area contributed by atoms with Crippen LogP contribution in [0.3, 0.4) is 0 Å². The van der Waals surface area contributed by atoms with Gasteiger partial charge in [0.1, 0.15) is 0 Å². The second kappa shape index (κ2) is 5.34. The van der Waals surface area contributed by atoms with E-state index in [0.29, 0.717) is 24.4 Å². The molecule has 4 nitrogen and oxygen atoms in total. The first-order chi connectivity index (χ1) is 10.3. The highest BCUT2D eigenvalue weighted by Crippen LogP contribution is 2.33. The molecule has 0 aromatic heterocycles. The lowest BCUT2D eigenvalue weighted by atomic mass is 9.97. The van der Waals surface area contributed by atoms with Crippen LogP contribution in [0, 0.1) is 0 Å². The van der Waals surface area contributed by atoms with Gasteiger partial charge in [-0.1, -0.05) is 18.2 Å². The van der Waals surface area contributed by atoms with Gasteiger partial charge in [0.05, 0.1) is 0 Å². The minimum atomic E-state index is 0.220. The summed E-state index contributed by atoms with van der Waals surface area (Å²) in [5.74, 6) is 0.541. The van der Waals surface area contributed by atoms with Crippen molar-refractivity contribution in [2.24, 2.45) is 0 Å².